The first kappa shape index (κ1) is 28.8. The molecule has 0 radical (unpaired) electrons. The number of hydrogen-bond acceptors (Lipinski definition) is 3. The standard InChI is InChI=1S/C32H48N5/c1-4-5-6-7-8-9-10-11-12-13-16-21-27(2)28(3)26-31(33)37-35-32(29-22-17-14-18-23-29)34-36(37)30-24-19-15-20-25-30/h11-12,14-15,17-20,22-25,27-28,31H,4-10,13,16,21,26,33H2,1-3H3/q+1/b12-11-. The molecule has 37 heavy (non-hydrogen) atoms. The molecule has 5 nitrogen and oxygen atoms in total. The molecule has 0 aliphatic carbocycles. The Balaban J connectivity index is 1.50. The predicted octanol–water partition coefficient (Wildman–Crippen LogP) is 7.82. The van der Waals surface area contributed by atoms with Gasteiger partial charge in [0, 0.05) is 11.2 Å². The summed E-state index contributed by atoms with van der Waals surface area (Å²) < 4.78 is 0. The van der Waals surface area contributed by atoms with Crippen LogP contribution in [0.25, 0.3) is 17.1 Å². The van der Waals surface area contributed by atoms with Crippen LogP contribution in [-0.2, 0) is 0 Å². The van der Waals surface area contributed by atoms with Crippen molar-refractivity contribution in [3.05, 3.63) is 72.8 Å². The first-order chi connectivity index (χ1) is 18.1. The third-order valence-electron chi connectivity index (χ3n) is 7.40. The first-order valence-corrected chi connectivity index (χ1v) is 14.5. The van der Waals surface area contributed by atoms with Crippen molar-refractivity contribution >= 4 is 0 Å². The summed E-state index contributed by atoms with van der Waals surface area (Å²) in [6.45, 7) is 6.96. The van der Waals surface area contributed by atoms with Gasteiger partial charge in [-0.05, 0) is 71.7 Å². The van der Waals surface area contributed by atoms with E-state index < -0.39 is 0 Å². The van der Waals surface area contributed by atoms with E-state index >= 15 is 0 Å². The van der Waals surface area contributed by atoms with Gasteiger partial charge in [-0.1, -0.05) is 108 Å². The average Bonchev–Trinajstić information content (AvgIpc) is 3.38. The van der Waals surface area contributed by atoms with Crippen LogP contribution >= 0.6 is 0 Å². The smallest absolute Gasteiger partial charge is 0.289 e. The molecule has 0 fully saturated rings. The van der Waals surface area contributed by atoms with Gasteiger partial charge < -0.3 is 0 Å². The van der Waals surface area contributed by atoms with Crippen LogP contribution in [0.1, 0.15) is 97.6 Å². The highest BCUT2D eigenvalue weighted by molar-refractivity contribution is 5.53. The Kier molecular flexibility index (Phi) is 12.5. The van der Waals surface area contributed by atoms with E-state index in [4.69, 9.17) is 15.9 Å². The fourth-order valence-electron chi connectivity index (χ4n) is 4.78. The molecule has 1 aromatic heterocycles. The fraction of sp³-hybridized carbons (Fsp3) is 0.531. The normalized spacial score (nSPS) is 14.2. The lowest BCUT2D eigenvalue weighted by Crippen LogP contribution is -2.54. The highest BCUT2D eigenvalue weighted by atomic mass is 15.7. The minimum atomic E-state index is -0.250. The molecule has 0 saturated heterocycles. The number of allylic oxidation sites excluding steroid dienone is 2. The number of tetrazole rings is 1. The molecule has 0 aliphatic heterocycles. The Labute approximate surface area is 224 Å². The van der Waals surface area contributed by atoms with E-state index in [9.17, 15) is 0 Å². The Morgan fingerprint density at radius 3 is 2.14 bits per heavy atom. The second-order valence-electron chi connectivity index (χ2n) is 10.6. The number of unbranched alkanes of at least 4 members (excludes halogenated alkanes) is 7. The largest absolute Gasteiger partial charge is 0.339 e. The van der Waals surface area contributed by atoms with Crippen LogP contribution in [0.4, 0.5) is 0 Å². The van der Waals surface area contributed by atoms with Gasteiger partial charge in [-0.25, -0.2) is 0 Å². The third kappa shape index (κ3) is 9.55. The molecule has 200 valence electrons. The minimum absolute atomic E-state index is 0.250. The van der Waals surface area contributed by atoms with Crippen molar-refractivity contribution in [2.24, 2.45) is 17.6 Å². The Morgan fingerprint density at radius 1 is 0.811 bits per heavy atom. The van der Waals surface area contributed by atoms with Crippen LogP contribution in [0.2, 0.25) is 0 Å². The van der Waals surface area contributed by atoms with E-state index in [2.05, 4.69) is 32.9 Å². The molecule has 0 amide bonds. The Morgan fingerprint density at radius 2 is 1.43 bits per heavy atom. The Bertz CT molecular complexity index is 1030. The Hall–Kier alpha value is -2.79. The highest BCUT2D eigenvalue weighted by Gasteiger charge is 2.28. The summed E-state index contributed by atoms with van der Waals surface area (Å²) in [5, 5.41) is 9.65. The van der Waals surface area contributed by atoms with Crippen LogP contribution < -0.4 is 10.5 Å². The molecule has 2 aromatic carbocycles. The van der Waals surface area contributed by atoms with Gasteiger partial charge in [0.15, 0.2) is 6.17 Å². The maximum atomic E-state index is 6.75. The summed E-state index contributed by atoms with van der Waals surface area (Å²) in [6.07, 6.45) is 18.5. The fourth-order valence-corrected chi connectivity index (χ4v) is 4.78. The van der Waals surface area contributed by atoms with E-state index in [0.29, 0.717) is 17.7 Å². The van der Waals surface area contributed by atoms with Crippen molar-refractivity contribution in [1.29, 1.82) is 0 Å². The van der Waals surface area contributed by atoms with Crippen LogP contribution in [0.3, 0.4) is 0 Å². The molecule has 3 atom stereocenters. The quantitative estimate of drug-likeness (QED) is 0.116. The summed E-state index contributed by atoms with van der Waals surface area (Å²) >= 11 is 0. The molecular formula is C32H48N5+. The summed E-state index contributed by atoms with van der Waals surface area (Å²) in [5.74, 6) is 1.80. The van der Waals surface area contributed by atoms with E-state index in [0.717, 1.165) is 17.7 Å². The molecule has 0 bridgehead atoms. The van der Waals surface area contributed by atoms with Gasteiger partial charge in [0.2, 0.25) is 0 Å². The third-order valence-corrected chi connectivity index (χ3v) is 7.40. The lowest BCUT2D eigenvalue weighted by atomic mass is 9.88. The first-order valence-electron chi connectivity index (χ1n) is 14.5. The van der Waals surface area contributed by atoms with E-state index in [-0.39, 0.29) is 6.17 Å². The summed E-state index contributed by atoms with van der Waals surface area (Å²) in [6, 6.07) is 20.2. The number of nitrogens with zero attached hydrogens (tertiary/aromatic N) is 4. The van der Waals surface area contributed by atoms with Crippen LogP contribution in [-0.4, -0.2) is 15.0 Å². The molecule has 5 heteroatoms. The van der Waals surface area contributed by atoms with E-state index in [1.165, 1.54) is 64.2 Å². The maximum Gasteiger partial charge on any atom is 0.339 e. The summed E-state index contributed by atoms with van der Waals surface area (Å²) in [5.41, 5.74) is 8.70. The van der Waals surface area contributed by atoms with Gasteiger partial charge in [0.1, 0.15) is 5.69 Å². The van der Waals surface area contributed by atoms with Crippen LogP contribution in [0, 0.1) is 11.8 Å². The number of nitrogens with two attached hydrogens (primary N) is 1. The zero-order valence-corrected chi connectivity index (χ0v) is 23.3. The zero-order chi connectivity index (χ0) is 26.3. The molecule has 3 aromatic rings. The number of hydrogen-bond donors (Lipinski definition) is 1. The van der Waals surface area contributed by atoms with Crippen molar-refractivity contribution in [3.63, 3.8) is 0 Å². The topological polar surface area (TPSA) is 60.6 Å². The highest BCUT2D eigenvalue weighted by Crippen LogP contribution is 2.24. The van der Waals surface area contributed by atoms with Gasteiger partial charge in [-0.3, -0.25) is 5.73 Å². The van der Waals surface area contributed by atoms with Crippen molar-refractivity contribution < 1.29 is 4.80 Å². The van der Waals surface area contributed by atoms with Gasteiger partial charge in [0.25, 0.3) is 0 Å². The van der Waals surface area contributed by atoms with Crippen molar-refractivity contribution in [3.8, 4) is 17.1 Å². The lowest BCUT2D eigenvalue weighted by molar-refractivity contribution is -0.842. The predicted molar refractivity (Wildman–Crippen MR) is 154 cm³/mol. The molecular weight excluding hydrogens is 454 g/mol. The maximum absolute atomic E-state index is 6.75. The van der Waals surface area contributed by atoms with Gasteiger partial charge in [-0.15, -0.1) is 0 Å². The molecule has 0 aliphatic rings. The summed E-state index contributed by atoms with van der Waals surface area (Å²) in [4.78, 5) is 3.70. The molecule has 2 N–H and O–H groups in total. The lowest BCUT2D eigenvalue weighted by Gasteiger charge is -2.21. The second kappa shape index (κ2) is 16.1. The molecule has 3 unspecified atom stereocenters. The average molecular weight is 503 g/mol. The van der Waals surface area contributed by atoms with Gasteiger partial charge in [0.05, 0.1) is 10.7 Å². The molecule has 0 spiro atoms. The van der Waals surface area contributed by atoms with Crippen molar-refractivity contribution in [2.45, 2.75) is 97.6 Å². The minimum Gasteiger partial charge on any atom is -0.289 e. The molecule has 3 rings (SSSR count). The van der Waals surface area contributed by atoms with Crippen molar-refractivity contribution in [2.75, 3.05) is 0 Å². The number of benzene rings is 2. The monoisotopic (exact) mass is 502 g/mol. The SMILES string of the molecule is CCCCCCCC/C=C\CCCC(C)C(C)CC(N)[n+]1nc(-c2ccccc2)nn1-c1ccccc1. The van der Waals surface area contributed by atoms with E-state index in [1.54, 1.807) is 0 Å². The van der Waals surface area contributed by atoms with Gasteiger partial charge in [-0.2, -0.15) is 0 Å². The zero-order valence-electron chi connectivity index (χ0n) is 23.3. The number of rotatable bonds is 17. The van der Waals surface area contributed by atoms with E-state index in [1.807, 2.05) is 70.3 Å². The van der Waals surface area contributed by atoms with Gasteiger partial charge >= 0.3 is 5.82 Å². The number of para-hydroxylation sites is 1. The second-order valence-corrected chi connectivity index (χ2v) is 10.6. The molecule has 1 heterocycles. The van der Waals surface area contributed by atoms with Crippen LogP contribution in [0.5, 0.6) is 0 Å². The summed E-state index contributed by atoms with van der Waals surface area (Å²) in [7, 11) is 0. The van der Waals surface area contributed by atoms with Crippen molar-refractivity contribution in [1.82, 2.24) is 15.0 Å². The van der Waals surface area contributed by atoms with Crippen LogP contribution in [0.15, 0.2) is 72.8 Å². The number of aromatic nitrogens is 4. The molecule has 0 saturated carbocycles.